The van der Waals surface area contributed by atoms with Crippen molar-refractivity contribution < 1.29 is 27.5 Å². The number of nitrogens with one attached hydrogen (secondary N) is 2. The van der Waals surface area contributed by atoms with Gasteiger partial charge in [-0.1, -0.05) is 13.8 Å². The van der Waals surface area contributed by atoms with Crippen molar-refractivity contribution >= 4 is 12.2 Å². The molecule has 2 N–H and O–H groups in total. The number of hydrogen-bond acceptors (Lipinski definition) is 4. The van der Waals surface area contributed by atoms with Gasteiger partial charge in [-0.25, -0.2) is 0 Å². The third-order valence-corrected chi connectivity index (χ3v) is 4.64. The monoisotopic (exact) mass is 396 g/mol. The fraction of sp³-hybridized carbons (Fsp3) is 0.400. The lowest BCUT2D eigenvalue weighted by Gasteiger charge is -2.15. The van der Waals surface area contributed by atoms with Crippen LogP contribution in [0.3, 0.4) is 0 Å². The lowest BCUT2D eigenvalue weighted by Crippen LogP contribution is -2.24. The van der Waals surface area contributed by atoms with Crippen molar-refractivity contribution in [3.05, 3.63) is 53.4 Å². The molecule has 0 radical (unpaired) electrons. The van der Waals surface area contributed by atoms with E-state index in [1.807, 2.05) is 0 Å². The first-order valence-electron chi connectivity index (χ1n) is 8.73. The van der Waals surface area contributed by atoms with Crippen molar-refractivity contribution in [2.45, 2.75) is 26.4 Å². The Balaban J connectivity index is 2.28. The van der Waals surface area contributed by atoms with Gasteiger partial charge in [-0.05, 0) is 48.2 Å². The molecular formula is C20H23F3N2O3. The Morgan fingerprint density at radius 3 is 2.57 bits per heavy atom. The number of carbonyl (C=O) groups is 2. The van der Waals surface area contributed by atoms with E-state index in [1.54, 1.807) is 7.05 Å². The number of rotatable bonds is 8. The first-order valence-corrected chi connectivity index (χ1v) is 8.73. The Morgan fingerprint density at radius 2 is 2.04 bits per heavy atom. The van der Waals surface area contributed by atoms with Crippen LogP contribution in [-0.4, -0.2) is 25.8 Å². The maximum atomic E-state index is 13.1. The molecule has 1 aliphatic rings. The van der Waals surface area contributed by atoms with Crippen LogP contribution >= 0.6 is 0 Å². The number of benzene rings is 1. The summed E-state index contributed by atoms with van der Waals surface area (Å²) in [5.74, 6) is -0.448. The van der Waals surface area contributed by atoms with Gasteiger partial charge in [0, 0.05) is 18.8 Å². The summed E-state index contributed by atoms with van der Waals surface area (Å²) < 4.78 is 44.9. The van der Waals surface area contributed by atoms with E-state index < -0.39 is 17.6 Å². The van der Waals surface area contributed by atoms with Crippen molar-refractivity contribution in [2.75, 3.05) is 13.7 Å². The van der Waals surface area contributed by atoms with Crippen LogP contribution in [-0.2, 0) is 11.0 Å². The van der Waals surface area contributed by atoms with E-state index in [-0.39, 0.29) is 28.3 Å². The average molecular weight is 396 g/mol. The Labute approximate surface area is 161 Å². The van der Waals surface area contributed by atoms with E-state index in [2.05, 4.69) is 24.5 Å². The zero-order valence-electron chi connectivity index (χ0n) is 15.9. The topological polar surface area (TPSA) is 67.4 Å². The van der Waals surface area contributed by atoms with E-state index in [0.29, 0.717) is 12.9 Å². The van der Waals surface area contributed by atoms with Gasteiger partial charge in [-0.2, -0.15) is 13.2 Å². The van der Waals surface area contributed by atoms with Crippen molar-refractivity contribution in [1.29, 1.82) is 0 Å². The molecule has 1 fully saturated rings. The highest BCUT2D eigenvalue weighted by molar-refractivity contribution is 5.98. The Morgan fingerprint density at radius 1 is 1.36 bits per heavy atom. The fourth-order valence-electron chi connectivity index (χ4n) is 2.64. The Bertz CT molecular complexity index is 798. The van der Waals surface area contributed by atoms with Gasteiger partial charge < -0.3 is 15.4 Å². The second kappa shape index (κ2) is 8.50. The second-order valence-electron chi connectivity index (χ2n) is 7.24. The van der Waals surface area contributed by atoms with Gasteiger partial charge in [0.15, 0.2) is 0 Å². The van der Waals surface area contributed by atoms with E-state index >= 15 is 0 Å². The molecule has 8 heteroatoms. The second-order valence-corrected chi connectivity index (χ2v) is 7.24. The van der Waals surface area contributed by atoms with Gasteiger partial charge in [0.05, 0.1) is 17.7 Å². The van der Waals surface area contributed by atoms with Crippen LogP contribution in [0.4, 0.5) is 13.2 Å². The van der Waals surface area contributed by atoms with Gasteiger partial charge in [-0.3, -0.25) is 9.59 Å². The molecule has 152 valence electrons. The van der Waals surface area contributed by atoms with Gasteiger partial charge in [0.1, 0.15) is 12.0 Å². The number of carbonyl (C=O) groups excluding carboxylic acids is 2. The predicted molar refractivity (Wildman–Crippen MR) is 98.6 cm³/mol. The average Bonchev–Trinajstić information content (AvgIpc) is 3.23. The maximum absolute atomic E-state index is 13.1. The van der Waals surface area contributed by atoms with Crippen LogP contribution in [0.5, 0.6) is 5.75 Å². The molecule has 28 heavy (non-hydrogen) atoms. The molecule has 1 atom stereocenters. The van der Waals surface area contributed by atoms with Crippen molar-refractivity contribution in [1.82, 2.24) is 10.6 Å². The van der Waals surface area contributed by atoms with Crippen molar-refractivity contribution in [2.24, 2.45) is 11.3 Å². The molecule has 0 bridgehead atoms. The van der Waals surface area contributed by atoms with Crippen LogP contribution in [0.1, 0.15) is 36.2 Å². The zero-order chi connectivity index (χ0) is 20.9. The molecule has 0 aliphatic heterocycles. The first-order chi connectivity index (χ1) is 13.1. The summed E-state index contributed by atoms with van der Waals surface area (Å²) in [5.41, 5.74) is -0.945. The lowest BCUT2D eigenvalue weighted by atomic mass is 10.1. The molecule has 0 saturated heterocycles. The summed E-state index contributed by atoms with van der Waals surface area (Å²) in [6.07, 6.45) is 0.790. The SMILES string of the molecule is CN/C=C\C(=C/C=O)NC(=O)c1cc(C(F)(F)F)ccc1OCC1CC1(C)C. The highest BCUT2D eigenvalue weighted by Crippen LogP contribution is 2.51. The number of aldehydes is 1. The van der Waals surface area contributed by atoms with Gasteiger partial charge >= 0.3 is 6.18 Å². The molecule has 1 saturated carbocycles. The minimum Gasteiger partial charge on any atom is -0.492 e. The summed E-state index contributed by atoms with van der Waals surface area (Å²) in [6.45, 7) is 4.47. The molecule has 1 aromatic carbocycles. The molecule has 0 spiro atoms. The van der Waals surface area contributed by atoms with Crippen LogP contribution in [0.2, 0.25) is 0 Å². The number of allylic oxidation sites excluding steroid dienone is 2. The van der Waals surface area contributed by atoms with Crippen molar-refractivity contribution in [3.8, 4) is 5.75 Å². The highest BCUT2D eigenvalue weighted by Gasteiger charge is 2.46. The summed E-state index contributed by atoms with van der Waals surface area (Å²) in [4.78, 5) is 23.4. The third kappa shape index (κ3) is 5.61. The maximum Gasteiger partial charge on any atom is 0.416 e. The molecule has 5 nitrogen and oxygen atoms in total. The minimum absolute atomic E-state index is 0.0660. The third-order valence-electron chi connectivity index (χ3n) is 4.64. The zero-order valence-corrected chi connectivity index (χ0v) is 15.9. The standard InChI is InChI=1S/C20H23F3N2O3/c1-19(2)11-14(19)12-28-17-5-4-13(20(21,22)23)10-16(17)18(27)25-15(7-9-26)6-8-24-3/h4-10,14,24H,11-12H2,1-3H3,(H,25,27)/b8-6-,15-7+. The molecule has 2 rings (SSSR count). The molecule has 1 unspecified atom stereocenters. The van der Waals surface area contributed by atoms with E-state index in [0.717, 1.165) is 30.7 Å². The minimum atomic E-state index is -4.60. The largest absolute Gasteiger partial charge is 0.492 e. The summed E-state index contributed by atoms with van der Waals surface area (Å²) >= 11 is 0. The van der Waals surface area contributed by atoms with Crippen LogP contribution in [0, 0.1) is 11.3 Å². The van der Waals surface area contributed by atoms with Gasteiger partial charge in [-0.15, -0.1) is 0 Å². The molecular weight excluding hydrogens is 373 g/mol. The molecule has 1 amide bonds. The fourth-order valence-corrected chi connectivity index (χ4v) is 2.64. The van der Waals surface area contributed by atoms with Gasteiger partial charge in [0.25, 0.3) is 5.91 Å². The first kappa shape index (κ1) is 21.5. The molecule has 0 heterocycles. The van der Waals surface area contributed by atoms with Crippen LogP contribution in [0.25, 0.3) is 0 Å². The quantitative estimate of drug-likeness (QED) is 0.400. The normalized spacial score (nSPS) is 18.6. The Hall–Kier alpha value is -2.77. The smallest absolute Gasteiger partial charge is 0.416 e. The highest BCUT2D eigenvalue weighted by atomic mass is 19.4. The predicted octanol–water partition coefficient (Wildman–Crippen LogP) is 3.68. The summed E-state index contributed by atoms with van der Waals surface area (Å²) in [6, 6.07) is 2.79. The number of alkyl halides is 3. The van der Waals surface area contributed by atoms with E-state index in [4.69, 9.17) is 4.74 Å². The molecule has 0 aromatic heterocycles. The summed E-state index contributed by atoms with van der Waals surface area (Å²) in [7, 11) is 1.62. The summed E-state index contributed by atoms with van der Waals surface area (Å²) in [5, 5.41) is 5.12. The Kier molecular flexibility index (Phi) is 6.53. The number of halogens is 3. The molecule has 1 aromatic rings. The van der Waals surface area contributed by atoms with E-state index in [1.165, 1.54) is 12.3 Å². The van der Waals surface area contributed by atoms with Gasteiger partial charge in [0.2, 0.25) is 0 Å². The number of amides is 1. The van der Waals surface area contributed by atoms with Crippen LogP contribution < -0.4 is 15.4 Å². The number of hydrogen-bond donors (Lipinski definition) is 2. The molecule has 1 aliphatic carbocycles. The van der Waals surface area contributed by atoms with E-state index in [9.17, 15) is 22.8 Å². The van der Waals surface area contributed by atoms with Crippen LogP contribution in [0.15, 0.2) is 42.2 Å². The lowest BCUT2D eigenvalue weighted by molar-refractivity contribution is -0.137. The van der Waals surface area contributed by atoms with Crippen molar-refractivity contribution in [3.63, 3.8) is 0 Å². The number of ether oxygens (including phenoxy) is 1.